The van der Waals surface area contributed by atoms with Crippen LogP contribution in [0.5, 0.6) is 0 Å². The molecule has 0 aliphatic heterocycles. The molecule has 0 radical (unpaired) electrons. The van der Waals surface area contributed by atoms with E-state index >= 15 is 0 Å². The summed E-state index contributed by atoms with van der Waals surface area (Å²) in [5.74, 6) is 0.623. The van der Waals surface area contributed by atoms with Gasteiger partial charge >= 0.3 is 0 Å². The van der Waals surface area contributed by atoms with Gasteiger partial charge < -0.3 is 0 Å². The molecule has 0 saturated carbocycles. The molecule has 0 unspecified atom stereocenters. The summed E-state index contributed by atoms with van der Waals surface area (Å²) in [6.45, 7) is 6.68. The average Bonchev–Trinajstić information content (AvgIpc) is 2.45. The van der Waals surface area contributed by atoms with E-state index in [1.807, 2.05) is 23.7 Å². The Bertz CT molecular complexity index is 429. The Kier molecular flexibility index (Phi) is 2.08. The minimum Gasteiger partial charge on any atom is -0.263 e. The Hall–Kier alpha value is -0.890. The highest BCUT2D eigenvalue weighted by molar-refractivity contribution is 7.19. The third-order valence-electron chi connectivity index (χ3n) is 2.30. The van der Waals surface area contributed by atoms with Crippen LogP contribution >= 0.6 is 11.3 Å². The van der Waals surface area contributed by atoms with E-state index in [1.54, 1.807) is 0 Å². The second kappa shape index (κ2) is 3.11. The van der Waals surface area contributed by atoms with Crippen molar-refractivity contribution in [2.24, 2.45) is 0 Å². The van der Waals surface area contributed by atoms with Gasteiger partial charge in [-0.1, -0.05) is 13.8 Å². The molecule has 13 heavy (non-hydrogen) atoms. The Labute approximate surface area is 82.4 Å². The van der Waals surface area contributed by atoms with Crippen molar-refractivity contribution in [2.75, 3.05) is 0 Å². The van der Waals surface area contributed by atoms with Gasteiger partial charge in [0.2, 0.25) is 0 Å². The number of fused-ring (bicyclic) bond motifs is 1. The van der Waals surface area contributed by atoms with Gasteiger partial charge in [-0.3, -0.25) is 4.98 Å². The van der Waals surface area contributed by atoms with Crippen molar-refractivity contribution >= 4 is 21.4 Å². The Balaban J connectivity index is 2.74. The van der Waals surface area contributed by atoms with Crippen LogP contribution in [0.3, 0.4) is 0 Å². The highest BCUT2D eigenvalue weighted by Gasteiger charge is 2.10. The lowest BCUT2D eigenvalue weighted by Gasteiger charge is -2.01. The first-order valence-electron chi connectivity index (χ1n) is 4.53. The normalized spacial score (nSPS) is 11.4. The van der Waals surface area contributed by atoms with Crippen molar-refractivity contribution in [2.45, 2.75) is 26.7 Å². The summed E-state index contributed by atoms with van der Waals surface area (Å²) in [6.07, 6.45) is 3.82. The summed E-state index contributed by atoms with van der Waals surface area (Å²) in [7, 11) is 0. The number of aryl methyl sites for hydroxylation is 1. The molecule has 0 aliphatic rings. The molecule has 0 fully saturated rings. The van der Waals surface area contributed by atoms with Gasteiger partial charge in [0, 0.05) is 17.3 Å². The fourth-order valence-electron chi connectivity index (χ4n) is 1.65. The molecule has 0 atom stereocenters. The van der Waals surface area contributed by atoms with Crippen LogP contribution in [0.25, 0.3) is 10.1 Å². The van der Waals surface area contributed by atoms with Crippen LogP contribution in [0.1, 0.15) is 30.2 Å². The standard InChI is InChI=1S/C11H13NS/c1-7(2)11-8(3)9-4-5-12-6-10(9)13-11/h4-7H,1-3H3. The number of hydrogen-bond acceptors (Lipinski definition) is 2. The highest BCUT2D eigenvalue weighted by Crippen LogP contribution is 2.34. The van der Waals surface area contributed by atoms with Gasteiger partial charge in [0.05, 0.1) is 4.70 Å². The Morgan fingerprint density at radius 3 is 2.77 bits per heavy atom. The third kappa shape index (κ3) is 1.35. The van der Waals surface area contributed by atoms with Crippen LogP contribution in [-0.2, 0) is 0 Å². The topological polar surface area (TPSA) is 12.9 Å². The first-order valence-corrected chi connectivity index (χ1v) is 5.35. The first-order chi connectivity index (χ1) is 6.20. The van der Waals surface area contributed by atoms with E-state index in [0.29, 0.717) is 5.92 Å². The van der Waals surface area contributed by atoms with Gasteiger partial charge in [-0.15, -0.1) is 11.3 Å². The molecule has 0 aliphatic carbocycles. The van der Waals surface area contributed by atoms with Gasteiger partial charge in [-0.2, -0.15) is 0 Å². The Morgan fingerprint density at radius 2 is 2.15 bits per heavy atom. The molecule has 0 N–H and O–H groups in total. The summed E-state index contributed by atoms with van der Waals surface area (Å²) in [5, 5.41) is 1.36. The smallest absolute Gasteiger partial charge is 0.0531 e. The van der Waals surface area contributed by atoms with Crippen molar-refractivity contribution in [1.29, 1.82) is 0 Å². The van der Waals surface area contributed by atoms with Gasteiger partial charge in [0.1, 0.15) is 0 Å². The van der Waals surface area contributed by atoms with E-state index in [9.17, 15) is 0 Å². The molecule has 0 saturated heterocycles. The molecule has 68 valence electrons. The monoisotopic (exact) mass is 191 g/mol. The van der Waals surface area contributed by atoms with E-state index in [1.165, 1.54) is 20.5 Å². The lowest BCUT2D eigenvalue weighted by atomic mass is 10.1. The predicted octanol–water partition coefficient (Wildman–Crippen LogP) is 3.73. The van der Waals surface area contributed by atoms with Crippen LogP contribution in [0.2, 0.25) is 0 Å². The van der Waals surface area contributed by atoms with E-state index in [-0.39, 0.29) is 0 Å². The number of nitrogens with zero attached hydrogens (tertiary/aromatic N) is 1. The number of pyridine rings is 1. The van der Waals surface area contributed by atoms with E-state index in [0.717, 1.165) is 0 Å². The molecule has 1 nitrogen and oxygen atoms in total. The molecule has 2 rings (SSSR count). The maximum atomic E-state index is 4.14. The van der Waals surface area contributed by atoms with Crippen LogP contribution < -0.4 is 0 Å². The van der Waals surface area contributed by atoms with Crippen LogP contribution in [0, 0.1) is 6.92 Å². The zero-order chi connectivity index (χ0) is 9.42. The zero-order valence-electron chi connectivity index (χ0n) is 8.16. The fraction of sp³-hybridized carbons (Fsp3) is 0.364. The summed E-state index contributed by atoms with van der Waals surface area (Å²) in [5.41, 5.74) is 1.43. The molecule has 0 aromatic carbocycles. The second-order valence-electron chi connectivity index (χ2n) is 3.62. The minimum atomic E-state index is 0.623. The summed E-state index contributed by atoms with van der Waals surface area (Å²) in [6, 6.07) is 2.10. The van der Waals surface area contributed by atoms with E-state index in [2.05, 4.69) is 31.8 Å². The molecule has 2 heteroatoms. The predicted molar refractivity (Wildman–Crippen MR) is 58.4 cm³/mol. The van der Waals surface area contributed by atoms with Crippen molar-refractivity contribution in [3.8, 4) is 0 Å². The molecule has 0 bridgehead atoms. The summed E-state index contributed by atoms with van der Waals surface area (Å²) in [4.78, 5) is 5.63. The molecule has 2 heterocycles. The third-order valence-corrected chi connectivity index (χ3v) is 3.85. The largest absolute Gasteiger partial charge is 0.263 e. The molecular formula is C11H13NS. The quantitative estimate of drug-likeness (QED) is 0.669. The van der Waals surface area contributed by atoms with Crippen molar-refractivity contribution in [1.82, 2.24) is 4.98 Å². The van der Waals surface area contributed by atoms with E-state index < -0.39 is 0 Å². The SMILES string of the molecule is Cc1c(C(C)C)sc2cnccc12. The second-order valence-corrected chi connectivity index (χ2v) is 4.70. The fourth-order valence-corrected chi connectivity index (χ4v) is 2.83. The van der Waals surface area contributed by atoms with Crippen molar-refractivity contribution in [3.63, 3.8) is 0 Å². The molecule has 0 spiro atoms. The maximum absolute atomic E-state index is 4.14. The number of rotatable bonds is 1. The molecular weight excluding hydrogens is 178 g/mol. The van der Waals surface area contributed by atoms with Gasteiger partial charge in [0.15, 0.2) is 0 Å². The Morgan fingerprint density at radius 1 is 1.38 bits per heavy atom. The number of aromatic nitrogens is 1. The van der Waals surface area contributed by atoms with E-state index in [4.69, 9.17) is 0 Å². The molecule has 2 aromatic rings. The van der Waals surface area contributed by atoms with Crippen molar-refractivity contribution in [3.05, 3.63) is 28.9 Å². The lowest BCUT2D eigenvalue weighted by molar-refractivity contribution is 0.882. The minimum absolute atomic E-state index is 0.623. The first kappa shape index (κ1) is 8.70. The van der Waals surface area contributed by atoms with Crippen molar-refractivity contribution < 1.29 is 0 Å². The zero-order valence-corrected chi connectivity index (χ0v) is 8.98. The van der Waals surface area contributed by atoms with Crippen LogP contribution in [-0.4, -0.2) is 4.98 Å². The van der Waals surface area contributed by atoms with Crippen LogP contribution in [0.4, 0.5) is 0 Å². The van der Waals surface area contributed by atoms with Gasteiger partial charge in [-0.25, -0.2) is 0 Å². The van der Waals surface area contributed by atoms with Gasteiger partial charge in [-0.05, 0) is 29.9 Å². The average molecular weight is 191 g/mol. The molecule has 0 amide bonds. The highest BCUT2D eigenvalue weighted by atomic mass is 32.1. The number of hydrogen-bond donors (Lipinski definition) is 0. The number of thiophene rings is 1. The van der Waals surface area contributed by atoms with Crippen LogP contribution in [0.15, 0.2) is 18.5 Å². The lowest BCUT2D eigenvalue weighted by Crippen LogP contribution is -1.83. The maximum Gasteiger partial charge on any atom is 0.0531 e. The summed E-state index contributed by atoms with van der Waals surface area (Å²) >= 11 is 1.87. The summed E-state index contributed by atoms with van der Waals surface area (Å²) < 4.78 is 1.31. The van der Waals surface area contributed by atoms with Gasteiger partial charge in [0.25, 0.3) is 0 Å². The molecule has 2 aromatic heterocycles.